The second kappa shape index (κ2) is 8.45. The SMILES string of the molecule is COc1cc(CN2CC3CN(C(C)C)C(c4ccccc4C(C)C)C3C2)ccn1. The Morgan fingerprint density at radius 3 is 2.59 bits per heavy atom. The molecule has 4 nitrogen and oxygen atoms in total. The third-order valence-corrected chi connectivity index (χ3v) is 6.79. The molecule has 3 unspecified atom stereocenters. The molecular weight excluding hydrogens is 358 g/mol. The predicted molar refractivity (Wildman–Crippen MR) is 118 cm³/mol. The molecule has 0 amide bonds. The van der Waals surface area contributed by atoms with Gasteiger partial charge in [-0.2, -0.15) is 0 Å². The van der Waals surface area contributed by atoms with Gasteiger partial charge in [-0.25, -0.2) is 4.98 Å². The first-order valence-corrected chi connectivity index (χ1v) is 11.0. The lowest BCUT2D eigenvalue weighted by Crippen LogP contribution is -2.36. The van der Waals surface area contributed by atoms with Crippen LogP contribution in [0.1, 0.15) is 56.3 Å². The number of rotatable bonds is 6. The van der Waals surface area contributed by atoms with Crippen LogP contribution < -0.4 is 4.74 Å². The summed E-state index contributed by atoms with van der Waals surface area (Å²) in [4.78, 5) is 9.63. The topological polar surface area (TPSA) is 28.6 Å². The van der Waals surface area contributed by atoms with E-state index in [1.54, 1.807) is 12.7 Å². The zero-order valence-corrected chi connectivity index (χ0v) is 18.5. The molecule has 1 aromatic heterocycles. The summed E-state index contributed by atoms with van der Waals surface area (Å²) in [5.74, 6) is 2.70. The van der Waals surface area contributed by atoms with E-state index in [0.717, 1.165) is 19.0 Å². The van der Waals surface area contributed by atoms with Gasteiger partial charge in [-0.05, 0) is 54.4 Å². The summed E-state index contributed by atoms with van der Waals surface area (Å²) in [7, 11) is 1.68. The van der Waals surface area contributed by atoms with Gasteiger partial charge in [0.2, 0.25) is 5.88 Å². The summed E-state index contributed by atoms with van der Waals surface area (Å²) in [6, 6.07) is 14.4. The average molecular weight is 394 g/mol. The second-order valence-electron chi connectivity index (χ2n) is 9.34. The van der Waals surface area contributed by atoms with Crippen molar-refractivity contribution in [3.63, 3.8) is 0 Å². The number of aromatic nitrogens is 1. The lowest BCUT2D eigenvalue weighted by Gasteiger charge is -2.34. The van der Waals surface area contributed by atoms with Crippen LogP contribution in [0.5, 0.6) is 5.88 Å². The fraction of sp³-hybridized carbons (Fsp3) is 0.560. The predicted octanol–water partition coefficient (Wildman–Crippen LogP) is 4.73. The highest BCUT2D eigenvalue weighted by Gasteiger charge is 2.48. The van der Waals surface area contributed by atoms with E-state index in [2.05, 4.69) is 78.9 Å². The largest absolute Gasteiger partial charge is 0.481 e. The Hall–Kier alpha value is -1.91. The van der Waals surface area contributed by atoms with Crippen molar-refractivity contribution in [2.45, 2.75) is 52.2 Å². The van der Waals surface area contributed by atoms with Gasteiger partial charge in [-0.1, -0.05) is 38.1 Å². The van der Waals surface area contributed by atoms with Gasteiger partial charge in [-0.15, -0.1) is 0 Å². The molecule has 156 valence electrons. The average Bonchev–Trinajstić information content (AvgIpc) is 3.25. The number of pyridine rings is 1. The summed E-state index contributed by atoms with van der Waals surface area (Å²) in [6.07, 6.45) is 1.85. The first-order chi connectivity index (χ1) is 14.0. The van der Waals surface area contributed by atoms with Gasteiger partial charge in [0.1, 0.15) is 0 Å². The van der Waals surface area contributed by atoms with Crippen LogP contribution in [-0.2, 0) is 6.54 Å². The van der Waals surface area contributed by atoms with Crippen molar-refractivity contribution in [1.29, 1.82) is 0 Å². The molecular formula is C25H35N3O. The molecule has 2 saturated heterocycles. The van der Waals surface area contributed by atoms with Crippen LogP contribution in [0.2, 0.25) is 0 Å². The Morgan fingerprint density at radius 1 is 1.07 bits per heavy atom. The summed E-state index contributed by atoms with van der Waals surface area (Å²) in [5, 5.41) is 0. The van der Waals surface area contributed by atoms with Crippen LogP contribution in [0.15, 0.2) is 42.6 Å². The maximum atomic E-state index is 5.31. The van der Waals surface area contributed by atoms with Crippen molar-refractivity contribution in [2.24, 2.45) is 11.8 Å². The van der Waals surface area contributed by atoms with E-state index in [9.17, 15) is 0 Å². The van der Waals surface area contributed by atoms with Gasteiger partial charge in [0.15, 0.2) is 0 Å². The number of methoxy groups -OCH3 is 1. The lowest BCUT2D eigenvalue weighted by atomic mass is 9.84. The van der Waals surface area contributed by atoms with E-state index in [1.165, 1.54) is 24.2 Å². The maximum Gasteiger partial charge on any atom is 0.213 e. The van der Waals surface area contributed by atoms with Crippen LogP contribution >= 0.6 is 0 Å². The second-order valence-corrected chi connectivity index (χ2v) is 9.34. The number of hydrogen-bond donors (Lipinski definition) is 0. The van der Waals surface area contributed by atoms with Crippen LogP contribution in [-0.4, -0.2) is 47.6 Å². The van der Waals surface area contributed by atoms with Crippen molar-refractivity contribution < 1.29 is 4.74 Å². The summed E-state index contributed by atoms with van der Waals surface area (Å²) in [5.41, 5.74) is 4.36. The quantitative estimate of drug-likeness (QED) is 0.710. The highest BCUT2D eigenvalue weighted by atomic mass is 16.5. The molecule has 2 aromatic rings. The molecule has 0 saturated carbocycles. The minimum Gasteiger partial charge on any atom is -0.481 e. The van der Waals surface area contributed by atoms with Gasteiger partial charge in [0.25, 0.3) is 0 Å². The molecule has 2 aliphatic rings. The zero-order chi connectivity index (χ0) is 20.5. The Balaban J connectivity index is 1.57. The third kappa shape index (κ3) is 4.06. The molecule has 0 bridgehead atoms. The number of hydrogen-bond acceptors (Lipinski definition) is 4. The van der Waals surface area contributed by atoms with E-state index in [1.807, 2.05) is 6.20 Å². The molecule has 3 atom stereocenters. The molecule has 1 aromatic carbocycles. The molecule has 0 N–H and O–H groups in total. The highest BCUT2D eigenvalue weighted by molar-refractivity contribution is 5.34. The Kier molecular flexibility index (Phi) is 5.93. The van der Waals surface area contributed by atoms with E-state index in [-0.39, 0.29) is 0 Å². The summed E-state index contributed by atoms with van der Waals surface area (Å²) < 4.78 is 5.31. The smallest absolute Gasteiger partial charge is 0.213 e. The Bertz CT molecular complexity index is 834. The monoisotopic (exact) mass is 393 g/mol. The molecule has 2 aliphatic heterocycles. The molecule has 2 fully saturated rings. The third-order valence-electron chi connectivity index (χ3n) is 6.79. The van der Waals surface area contributed by atoms with Gasteiger partial charge in [0.05, 0.1) is 7.11 Å². The van der Waals surface area contributed by atoms with Crippen LogP contribution in [0.4, 0.5) is 0 Å². The minimum atomic E-state index is 0.524. The van der Waals surface area contributed by atoms with Crippen LogP contribution in [0, 0.1) is 11.8 Å². The normalized spacial score (nSPS) is 25.1. The first-order valence-electron chi connectivity index (χ1n) is 11.0. The van der Waals surface area contributed by atoms with Crippen molar-refractivity contribution in [1.82, 2.24) is 14.8 Å². The van der Waals surface area contributed by atoms with E-state index in [0.29, 0.717) is 29.8 Å². The Labute approximate surface area is 175 Å². The number of likely N-dealkylation sites (tertiary alicyclic amines) is 2. The fourth-order valence-electron chi connectivity index (χ4n) is 5.46. The molecule has 29 heavy (non-hydrogen) atoms. The maximum absolute atomic E-state index is 5.31. The van der Waals surface area contributed by atoms with Crippen molar-refractivity contribution >= 4 is 0 Å². The number of benzene rings is 1. The zero-order valence-electron chi connectivity index (χ0n) is 18.5. The van der Waals surface area contributed by atoms with Crippen molar-refractivity contribution in [2.75, 3.05) is 26.7 Å². The highest BCUT2D eigenvalue weighted by Crippen LogP contribution is 2.47. The molecule has 0 radical (unpaired) electrons. The Morgan fingerprint density at radius 2 is 1.86 bits per heavy atom. The van der Waals surface area contributed by atoms with Crippen molar-refractivity contribution in [3.05, 3.63) is 59.3 Å². The molecule has 0 aliphatic carbocycles. The molecule has 0 spiro atoms. The summed E-state index contributed by atoms with van der Waals surface area (Å²) in [6.45, 7) is 13.9. The van der Waals surface area contributed by atoms with E-state index < -0.39 is 0 Å². The first kappa shape index (κ1) is 20.4. The standard InChI is InChI=1S/C25H35N3O/c1-17(2)21-8-6-7-9-22(21)25-23-16-27(14-20(23)15-28(25)18(3)4)13-19-10-11-26-24(12-19)29-5/h6-12,17-18,20,23,25H,13-16H2,1-5H3. The van der Waals surface area contributed by atoms with Gasteiger partial charge >= 0.3 is 0 Å². The number of nitrogens with zero attached hydrogens (tertiary/aromatic N) is 3. The molecule has 4 rings (SSSR count). The van der Waals surface area contributed by atoms with Gasteiger partial charge in [0, 0.05) is 50.5 Å². The van der Waals surface area contributed by atoms with Crippen molar-refractivity contribution in [3.8, 4) is 5.88 Å². The van der Waals surface area contributed by atoms with E-state index >= 15 is 0 Å². The molecule has 4 heteroatoms. The number of fused-ring (bicyclic) bond motifs is 1. The number of ether oxygens (including phenoxy) is 1. The lowest BCUT2D eigenvalue weighted by molar-refractivity contribution is 0.158. The molecule has 3 heterocycles. The van der Waals surface area contributed by atoms with Gasteiger partial charge < -0.3 is 4.74 Å². The van der Waals surface area contributed by atoms with Crippen LogP contribution in [0.25, 0.3) is 0 Å². The van der Waals surface area contributed by atoms with Gasteiger partial charge in [-0.3, -0.25) is 9.80 Å². The summed E-state index contributed by atoms with van der Waals surface area (Å²) >= 11 is 0. The minimum absolute atomic E-state index is 0.524. The fourth-order valence-corrected chi connectivity index (χ4v) is 5.46. The van der Waals surface area contributed by atoms with Crippen LogP contribution in [0.3, 0.4) is 0 Å². The van der Waals surface area contributed by atoms with E-state index in [4.69, 9.17) is 4.74 Å².